The van der Waals surface area contributed by atoms with E-state index in [2.05, 4.69) is 9.97 Å². The van der Waals surface area contributed by atoms with E-state index >= 15 is 0 Å². The quantitative estimate of drug-likeness (QED) is 0.831. The van der Waals surface area contributed by atoms with Crippen molar-refractivity contribution in [3.8, 4) is 0 Å². The fourth-order valence-corrected chi connectivity index (χ4v) is 2.08. The SMILES string of the molecule is Cc1[nH]c(Cc2ccccc2Cl)nc(=S)c1C. The second kappa shape index (κ2) is 4.98. The molecular formula is C13H13ClN2S. The second-order valence-corrected chi connectivity index (χ2v) is 4.80. The highest BCUT2D eigenvalue weighted by molar-refractivity contribution is 7.71. The molecule has 0 radical (unpaired) electrons. The van der Waals surface area contributed by atoms with Gasteiger partial charge in [-0.2, -0.15) is 0 Å². The minimum Gasteiger partial charge on any atom is -0.347 e. The number of aromatic nitrogens is 2. The average Bonchev–Trinajstić information content (AvgIpc) is 2.29. The molecule has 2 rings (SSSR count). The average molecular weight is 265 g/mol. The van der Waals surface area contributed by atoms with E-state index in [-0.39, 0.29) is 0 Å². The van der Waals surface area contributed by atoms with Crippen molar-refractivity contribution < 1.29 is 0 Å². The Labute approximate surface area is 111 Å². The third-order valence-electron chi connectivity index (χ3n) is 2.77. The van der Waals surface area contributed by atoms with Gasteiger partial charge in [-0.3, -0.25) is 0 Å². The van der Waals surface area contributed by atoms with Crippen molar-refractivity contribution >= 4 is 23.8 Å². The van der Waals surface area contributed by atoms with Gasteiger partial charge < -0.3 is 4.98 Å². The van der Waals surface area contributed by atoms with E-state index in [9.17, 15) is 0 Å². The number of nitrogens with zero attached hydrogens (tertiary/aromatic N) is 1. The van der Waals surface area contributed by atoms with E-state index in [0.717, 1.165) is 27.7 Å². The van der Waals surface area contributed by atoms with Crippen molar-refractivity contribution in [2.45, 2.75) is 20.3 Å². The van der Waals surface area contributed by atoms with Crippen LogP contribution in [-0.4, -0.2) is 9.97 Å². The van der Waals surface area contributed by atoms with Crippen LogP contribution in [0.15, 0.2) is 24.3 Å². The molecule has 88 valence electrons. The van der Waals surface area contributed by atoms with Crippen LogP contribution >= 0.6 is 23.8 Å². The molecule has 0 saturated heterocycles. The van der Waals surface area contributed by atoms with Crippen LogP contribution in [0.5, 0.6) is 0 Å². The molecule has 1 N–H and O–H groups in total. The summed E-state index contributed by atoms with van der Waals surface area (Å²) in [6.07, 6.45) is 0.671. The molecule has 0 unspecified atom stereocenters. The minimum absolute atomic E-state index is 0.656. The predicted octanol–water partition coefficient (Wildman–Crippen LogP) is 4.00. The first-order valence-corrected chi connectivity index (χ1v) is 6.16. The highest BCUT2D eigenvalue weighted by Gasteiger charge is 2.05. The number of aryl methyl sites for hydroxylation is 1. The Balaban J connectivity index is 2.38. The van der Waals surface area contributed by atoms with Gasteiger partial charge >= 0.3 is 0 Å². The van der Waals surface area contributed by atoms with Gasteiger partial charge in [0.2, 0.25) is 0 Å². The molecule has 1 aromatic heterocycles. The molecule has 0 aliphatic rings. The summed E-state index contributed by atoms with van der Waals surface area (Å²) in [7, 11) is 0. The van der Waals surface area contributed by atoms with Crippen LogP contribution in [0.25, 0.3) is 0 Å². The first kappa shape index (κ1) is 12.3. The summed E-state index contributed by atoms with van der Waals surface area (Å²) in [5.74, 6) is 0.853. The van der Waals surface area contributed by atoms with Gasteiger partial charge in [0.15, 0.2) is 0 Å². The highest BCUT2D eigenvalue weighted by atomic mass is 35.5. The molecule has 0 saturated carbocycles. The maximum absolute atomic E-state index is 6.12. The Kier molecular flexibility index (Phi) is 3.60. The molecule has 17 heavy (non-hydrogen) atoms. The van der Waals surface area contributed by atoms with Crippen molar-refractivity contribution in [1.29, 1.82) is 0 Å². The van der Waals surface area contributed by atoms with Crippen LogP contribution in [0.3, 0.4) is 0 Å². The van der Waals surface area contributed by atoms with Gasteiger partial charge in [0.1, 0.15) is 10.5 Å². The van der Waals surface area contributed by atoms with Gasteiger partial charge in [-0.1, -0.05) is 42.0 Å². The molecule has 2 aromatic rings. The predicted molar refractivity (Wildman–Crippen MR) is 73.2 cm³/mol. The number of hydrogen-bond acceptors (Lipinski definition) is 2. The molecule has 2 nitrogen and oxygen atoms in total. The largest absolute Gasteiger partial charge is 0.347 e. The second-order valence-electron chi connectivity index (χ2n) is 4.01. The summed E-state index contributed by atoms with van der Waals surface area (Å²) >= 11 is 11.3. The van der Waals surface area contributed by atoms with Crippen LogP contribution in [-0.2, 0) is 6.42 Å². The Morgan fingerprint density at radius 3 is 2.65 bits per heavy atom. The zero-order valence-corrected chi connectivity index (χ0v) is 11.3. The van der Waals surface area contributed by atoms with Gasteiger partial charge in [0.25, 0.3) is 0 Å². The van der Waals surface area contributed by atoms with Crippen LogP contribution in [0.4, 0.5) is 0 Å². The van der Waals surface area contributed by atoms with Gasteiger partial charge in [0.05, 0.1) is 0 Å². The molecule has 1 heterocycles. The zero-order valence-electron chi connectivity index (χ0n) is 9.75. The number of H-pyrrole nitrogens is 1. The summed E-state index contributed by atoms with van der Waals surface area (Å²) in [5.41, 5.74) is 3.14. The van der Waals surface area contributed by atoms with E-state index in [1.54, 1.807) is 0 Å². The first-order chi connectivity index (χ1) is 8.08. The van der Waals surface area contributed by atoms with E-state index in [4.69, 9.17) is 23.8 Å². The lowest BCUT2D eigenvalue weighted by atomic mass is 10.1. The molecule has 0 aliphatic carbocycles. The lowest BCUT2D eigenvalue weighted by molar-refractivity contribution is 0.918. The fourth-order valence-electron chi connectivity index (χ4n) is 1.61. The summed E-state index contributed by atoms with van der Waals surface area (Å²) < 4.78 is 0.656. The maximum atomic E-state index is 6.12. The Bertz CT molecular complexity index is 605. The number of halogens is 1. The Morgan fingerprint density at radius 1 is 1.29 bits per heavy atom. The van der Waals surface area contributed by atoms with E-state index in [1.807, 2.05) is 38.1 Å². The van der Waals surface area contributed by atoms with Gasteiger partial charge in [-0.25, -0.2) is 4.98 Å². The molecule has 0 amide bonds. The maximum Gasteiger partial charge on any atom is 0.132 e. The van der Waals surface area contributed by atoms with Crippen LogP contribution < -0.4 is 0 Å². The van der Waals surface area contributed by atoms with Crippen LogP contribution in [0.2, 0.25) is 5.02 Å². The van der Waals surface area contributed by atoms with E-state index in [1.165, 1.54) is 0 Å². The normalized spacial score (nSPS) is 10.5. The molecule has 0 spiro atoms. The number of nitrogens with one attached hydrogen (secondary N) is 1. The van der Waals surface area contributed by atoms with Gasteiger partial charge in [-0.15, -0.1) is 0 Å². The summed E-state index contributed by atoms with van der Waals surface area (Å²) in [5, 5.41) is 0.756. The molecule has 0 fully saturated rings. The summed E-state index contributed by atoms with van der Waals surface area (Å²) in [6.45, 7) is 3.98. The number of rotatable bonds is 2. The number of hydrogen-bond donors (Lipinski definition) is 1. The smallest absolute Gasteiger partial charge is 0.132 e. The van der Waals surface area contributed by atoms with E-state index in [0.29, 0.717) is 11.1 Å². The van der Waals surface area contributed by atoms with Gasteiger partial charge in [-0.05, 0) is 25.5 Å². The third-order valence-corrected chi connectivity index (χ3v) is 3.53. The van der Waals surface area contributed by atoms with Crippen molar-refractivity contribution in [1.82, 2.24) is 9.97 Å². The van der Waals surface area contributed by atoms with E-state index < -0.39 is 0 Å². The molecule has 0 bridgehead atoms. The van der Waals surface area contributed by atoms with Crippen molar-refractivity contribution in [3.63, 3.8) is 0 Å². The molecule has 4 heteroatoms. The van der Waals surface area contributed by atoms with Crippen LogP contribution in [0.1, 0.15) is 22.6 Å². The lowest BCUT2D eigenvalue weighted by Gasteiger charge is -2.07. The van der Waals surface area contributed by atoms with Crippen LogP contribution in [0, 0.1) is 18.5 Å². The third kappa shape index (κ3) is 2.73. The highest BCUT2D eigenvalue weighted by Crippen LogP contribution is 2.18. The zero-order chi connectivity index (χ0) is 12.4. The minimum atomic E-state index is 0.656. The molecule has 0 atom stereocenters. The van der Waals surface area contributed by atoms with Crippen molar-refractivity contribution in [2.75, 3.05) is 0 Å². The number of benzene rings is 1. The Morgan fingerprint density at radius 2 is 2.00 bits per heavy atom. The standard InChI is InChI=1S/C13H13ClN2S/c1-8-9(2)15-12(16-13(8)17)7-10-5-3-4-6-11(10)14/h3-6H,7H2,1-2H3,(H,15,16,17). The fraction of sp³-hybridized carbons (Fsp3) is 0.231. The molecule has 0 aliphatic heterocycles. The molecular weight excluding hydrogens is 252 g/mol. The monoisotopic (exact) mass is 264 g/mol. The topological polar surface area (TPSA) is 28.7 Å². The number of aromatic amines is 1. The van der Waals surface area contributed by atoms with Crippen molar-refractivity contribution in [2.24, 2.45) is 0 Å². The first-order valence-electron chi connectivity index (χ1n) is 5.37. The van der Waals surface area contributed by atoms with Crippen molar-refractivity contribution in [3.05, 3.63) is 56.6 Å². The summed E-state index contributed by atoms with van der Waals surface area (Å²) in [6, 6.07) is 7.77. The molecule has 1 aromatic carbocycles. The summed E-state index contributed by atoms with van der Waals surface area (Å²) in [4.78, 5) is 7.63. The van der Waals surface area contributed by atoms with Gasteiger partial charge in [0, 0.05) is 22.7 Å². The lowest BCUT2D eigenvalue weighted by Crippen LogP contribution is -2.01. The Hall–Kier alpha value is -1.19.